The first kappa shape index (κ1) is 11.7. The number of rotatable bonds is 4. The minimum Gasteiger partial charge on any atom is -0.478 e. The lowest BCUT2D eigenvalue weighted by Crippen LogP contribution is -2.19. The smallest absolute Gasteiger partial charge is 0.335 e. The molecule has 92 valence electrons. The lowest BCUT2D eigenvalue weighted by atomic mass is 10.1. The second-order valence-corrected chi connectivity index (χ2v) is 4.12. The van der Waals surface area contributed by atoms with Crippen LogP contribution in [0.4, 0.5) is 11.4 Å². The molecule has 1 aliphatic rings. The van der Waals surface area contributed by atoms with Crippen molar-refractivity contribution in [2.24, 2.45) is 0 Å². The van der Waals surface area contributed by atoms with Gasteiger partial charge in [-0.25, -0.2) is 4.79 Å². The van der Waals surface area contributed by atoms with Crippen LogP contribution >= 0.6 is 0 Å². The van der Waals surface area contributed by atoms with E-state index in [1.807, 2.05) is 0 Å². The second-order valence-electron chi connectivity index (χ2n) is 4.12. The van der Waals surface area contributed by atoms with Crippen LogP contribution in [0.5, 0.6) is 0 Å². The Kier molecular flexibility index (Phi) is 3.49. The molecule has 0 saturated carbocycles. The summed E-state index contributed by atoms with van der Waals surface area (Å²) in [5.74, 6) is -0.954. The summed E-state index contributed by atoms with van der Waals surface area (Å²) >= 11 is 0. The molecule has 0 radical (unpaired) electrons. The van der Waals surface area contributed by atoms with Crippen molar-refractivity contribution in [1.29, 1.82) is 0 Å². The number of hydrogen-bond donors (Lipinski definition) is 3. The van der Waals surface area contributed by atoms with Crippen LogP contribution in [0.25, 0.3) is 0 Å². The topological polar surface area (TPSA) is 84.6 Å². The molecule has 17 heavy (non-hydrogen) atoms. The second kappa shape index (κ2) is 5.05. The van der Waals surface area contributed by atoms with Gasteiger partial charge >= 0.3 is 5.97 Å². The molecular weight excluding hydrogens is 220 g/mol. The third-order valence-electron chi connectivity index (χ3n) is 2.84. The Labute approximate surface area is 99.6 Å². The summed E-state index contributed by atoms with van der Waals surface area (Å²) in [5, 5.41) is 12.0. The average Bonchev–Trinajstić information content (AvgIpc) is 2.80. The maximum atomic E-state index is 10.8. The number of aromatic carboxylic acids is 1. The molecule has 0 aliphatic carbocycles. The normalized spacial score (nSPS) is 19.2. The molecule has 1 atom stereocenters. The van der Waals surface area contributed by atoms with Crippen LogP contribution in [-0.4, -0.2) is 30.3 Å². The summed E-state index contributed by atoms with van der Waals surface area (Å²) in [5.41, 5.74) is 7.21. The first-order chi connectivity index (χ1) is 8.16. The van der Waals surface area contributed by atoms with Gasteiger partial charge in [0.05, 0.1) is 23.0 Å². The van der Waals surface area contributed by atoms with E-state index in [9.17, 15) is 4.79 Å². The molecule has 4 N–H and O–H groups in total. The van der Waals surface area contributed by atoms with E-state index in [1.54, 1.807) is 12.1 Å². The van der Waals surface area contributed by atoms with Crippen molar-refractivity contribution in [2.75, 3.05) is 24.2 Å². The third kappa shape index (κ3) is 2.88. The van der Waals surface area contributed by atoms with Crippen molar-refractivity contribution in [2.45, 2.75) is 18.9 Å². The van der Waals surface area contributed by atoms with Gasteiger partial charge in [0.15, 0.2) is 0 Å². The summed E-state index contributed by atoms with van der Waals surface area (Å²) in [6.45, 7) is 1.46. The largest absolute Gasteiger partial charge is 0.478 e. The van der Waals surface area contributed by atoms with E-state index in [1.165, 1.54) is 6.07 Å². The number of nitrogens with two attached hydrogens (primary N) is 1. The number of benzene rings is 1. The lowest BCUT2D eigenvalue weighted by molar-refractivity contribution is 0.0697. The van der Waals surface area contributed by atoms with Gasteiger partial charge in [0.1, 0.15) is 0 Å². The summed E-state index contributed by atoms with van der Waals surface area (Å²) in [4.78, 5) is 10.8. The van der Waals surface area contributed by atoms with Gasteiger partial charge < -0.3 is 20.9 Å². The van der Waals surface area contributed by atoms with E-state index in [2.05, 4.69) is 5.32 Å². The van der Waals surface area contributed by atoms with Crippen molar-refractivity contribution in [1.82, 2.24) is 0 Å². The molecule has 1 saturated heterocycles. The fourth-order valence-corrected chi connectivity index (χ4v) is 1.87. The van der Waals surface area contributed by atoms with Gasteiger partial charge in [0.25, 0.3) is 0 Å². The summed E-state index contributed by atoms with van der Waals surface area (Å²) in [6, 6.07) is 4.64. The number of hydrogen-bond acceptors (Lipinski definition) is 4. The number of carboxylic acid groups (broad SMARTS) is 1. The van der Waals surface area contributed by atoms with Crippen LogP contribution < -0.4 is 11.1 Å². The lowest BCUT2D eigenvalue weighted by Gasteiger charge is -2.14. The molecule has 0 aromatic heterocycles. The number of nitrogens with one attached hydrogen (secondary N) is 1. The number of nitrogen functional groups attached to an aromatic ring is 1. The Morgan fingerprint density at radius 1 is 1.59 bits per heavy atom. The number of carbonyl (C=O) groups is 1. The Balaban J connectivity index is 2.03. The average molecular weight is 236 g/mol. The zero-order chi connectivity index (χ0) is 12.3. The van der Waals surface area contributed by atoms with E-state index in [-0.39, 0.29) is 11.7 Å². The predicted molar refractivity (Wildman–Crippen MR) is 65.3 cm³/mol. The third-order valence-corrected chi connectivity index (χ3v) is 2.84. The van der Waals surface area contributed by atoms with Crippen LogP contribution in [0.2, 0.25) is 0 Å². The molecule has 5 nitrogen and oxygen atoms in total. The molecule has 0 unspecified atom stereocenters. The van der Waals surface area contributed by atoms with Crippen LogP contribution in [0.1, 0.15) is 23.2 Å². The highest BCUT2D eigenvalue weighted by Crippen LogP contribution is 2.21. The molecule has 0 spiro atoms. The highest BCUT2D eigenvalue weighted by Gasteiger charge is 2.15. The quantitative estimate of drug-likeness (QED) is 0.691. The van der Waals surface area contributed by atoms with Crippen molar-refractivity contribution in [3.63, 3.8) is 0 Å². The fraction of sp³-hybridized carbons (Fsp3) is 0.417. The Hall–Kier alpha value is -1.75. The molecule has 1 heterocycles. The molecule has 1 fully saturated rings. The number of carboxylic acids is 1. The van der Waals surface area contributed by atoms with Gasteiger partial charge in [-0.3, -0.25) is 0 Å². The maximum absolute atomic E-state index is 10.8. The van der Waals surface area contributed by atoms with Crippen LogP contribution in [-0.2, 0) is 4.74 Å². The Morgan fingerprint density at radius 3 is 3.06 bits per heavy atom. The highest BCUT2D eigenvalue weighted by atomic mass is 16.5. The van der Waals surface area contributed by atoms with Crippen molar-refractivity contribution in [3.8, 4) is 0 Å². The molecule has 0 bridgehead atoms. The standard InChI is InChI=1S/C12H16N2O3/c13-10-4-3-8(12(15)16)6-11(10)14-7-9-2-1-5-17-9/h3-4,6,9,14H,1-2,5,7,13H2,(H,15,16)/t9-/m0/s1. The number of ether oxygens (including phenoxy) is 1. The van der Waals surface area contributed by atoms with E-state index in [4.69, 9.17) is 15.6 Å². The van der Waals surface area contributed by atoms with Gasteiger partial charge in [-0.05, 0) is 31.0 Å². The summed E-state index contributed by atoms with van der Waals surface area (Å²) in [7, 11) is 0. The van der Waals surface area contributed by atoms with Crippen molar-refractivity contribution in [3.05, 3.63) is 23.8 Å². The fourth-order valence-electron chi connectivity index (χ4n) is 1.87. The van der Waals surface area contributed by atoms with E-state index < -0.39 is 5.97 Å². The Morgan fingerprint density at radius 2 is 2.41 bits per heavy atom. The van der Waals surface area contributed by atoms with E-state index in [0.717, 1.165) is 19.4 Å². The molecule has 0 amide bonds. The Bertz CT molecular complexity index is 414. The van der Waals surface area contributed by atoms with E-state index in [0.29, 0.717) is 17.9 Å². The highest BCUT2D eigenvalue weighted by molar-refractivity contribution is 5.90. The van der Waals surface area contributed by atoms with Gasteiger partial charge in [0.2, 0.25) is 0 Å². The van der Waals surface area contributed by atoms with Crippen molar-refractivity contribution < 1.29 is 14.6 Å². The van der Waals surface area contributed by atoms with Gasteiger partial charge in [-0.2, -0.15) is 0 Å². The minimum absolute atomic E-state index is 0.197. The molecule has 2 rings (SSSR count). The summed E-state index contributed by atoms with van der Waals surface area (Å²) in [6.07, 6.45) is 2.31. The van der Waals surface area contributed by atoms with Gasteiger partial charge in [-0.1, -0.05) is 0 Å². The van der Waals surface area contributed by atoms with Crippen LogP contribution in [0.3, 0.4) is 0 Å². The molecule has 1 aliphatic heterocycles. The first-order valence-electron chi connectivity index (χ1n) is 5.65. The molecular formula is C12H16N2O3. The maximum Gasteiger partial charge on any atom is 0.335 e. The monoisotopic (exact) mass is 236 g/mol. The van der Waals surface area contributed by atoms with Crippen LogP contribution in [0.15, 0.2) is 18.2 Å². The number of anilines is 2. The van der Waals surface area contributed by atoms with E-state index >= 15 is 0 Å². The molecule has 5 heteroatoms. The molecule has 1 aromatic carbocycles. The molecule has 1 aromatic rings. The van der Waals surface area contributed by atoms with Gasteiger partial charge in [-0.15, -0.1) is 0 Å². The SMILES string of the molecule is Nc1ccc(C(=O)O)cc1NC[C@@H]1CCCO1. The minimum atomic E-state index is -0.954. The van der Waals surface area contributed by atoms with Gasteiger partial charge in [0, 0.05) is 13.2 Å². The zero-order valence-corrected chi connectivity index (χ0v) is 9.48. The predicted octanol–water partition coefficient (Wildman–Crippen LogP) is 1.56. The van der Waals surface area contributed by atoms with Crippen molar-refractivity contribution >= 4 is 17.3 Å². The van der Waals surface area contributed by atoms with Crippen LogP contribution in [0, 0.1) is 0 Å². The zero-order valence-electron chi connectivity index (χ0n) is 9.48. The summed E-state index contributed by atoms with van der Waals surface area (Å²) < 4.78 is 5.47. The first-order valence-corrected chi connectivity index (χ1v) is 5.65.